The zero-order chi connectivity index (χ0) is 29.8. The molecule has 0 saturated heterocycles. The number of nitrogens with zero attached hydrogens (tertiary/aromatic N) is 1. The van der Waals surface area contributed by atoms with Gasteiger partial charge in [-0.05, 0) is 69.8 Å². The zero-order valence-electron chi connectivity index (χ0n) is 24.6. The smallest absolute Gasteiger partial charge is 0.132 e. The minimum atomic E-state index is -0.569. The molecule has 2 heterocycles. The van der Waals surface area contributed by atoms with E-state index in [1.54, 1.807) is 0 Å². The number of hydrogen-bond acceptors (Lipinski definition) is 2. The summed E-state index contributed by atoms with van der Waals surface area (Å²) >= 11 is 0. The van der Waals surface area contributed by atoms with Gasteiger partial charge in [0, 0.05) is 16.8 Å². The lowest BCUT2D eigenvalue weighted by Crippen LogP contribution is -2.39. The van der Waals surface area contributed by atoms with Crippen LogP contribution in [0.2, 0.25) is 0 Å². The standard InChI is InChI=1S/C43H29NO/c1-3-14-30(15-4-1)32-18-13-19-34(28-32)44-39-23-10-7-20-35(39)43(36-27-26-33(29-40(36)44)31-16-5-2-6-17-31)37-21-8-11-24-41(37)45-42-25-12-9-22-38(42)43/h1-29H. The first-order chi connectivity index (χ1) is 22.3. The van der Waals surface area contributed by atoms with E-state index in [2.05, 4.69) is 181 Å². The highest BCUT2D eigenvalue weighted by molar-refractivity contribution is 5.93. The molecule has 9 rings (SSSR count). The van der Waals surface area contributed by atoms with Crippen LogP contribution in [0.5, 0.6) is 11.5 Å². The van der Waals surface area contributed by atoms with Gasteiger partial charge in [0.1, 0.15) is 11.5 Å². The maximum absolute atomic E-state index is 6.59. The van der Waals surface area contributed by atoms with Crippen molar-refractivity contribution in [3.8, 4) is 33.8 Å². The summed E-state index contributed by atoms with van der Waals surface area (Å²) in [6.45, 7) is 0. The molecule has 0 unspecified atom stereocenters. The van der Waals surface area contributed by atoms with Crippen LogP contribution in [0.15, 0.2) is 176 Å². The van der Waals surface area contributed by atoms with Crippen LogP contribution in [0.4, 0.5) is 17.1 Å². The van der Waals surface area contributed by atoms with Crippen molar-refractivity contribution in [3.63, 3.8) is 0 Å². The molecule has 2 aliphatic rings. The third-order valence-corrected chi connectivity index (χ3v) is 9.31. The molecular formula is C43H29NO. The number of benzene rings is 7. The van der Waals surface area contributed by atoms with E-state index in [9.17, 15) is 0 Å². The van der Waals surface area contributed by atoms with Crippen LogP contribution >= 0.6 is 0 Å². The third kappa shape index (κ3) is 3.82. The molecule has 7 aromatic rings. The first kappa shape index (κ1) is 25.6. The zero-order valence-corrected chi connectivity index (χ0v) is 24.6. The van der Waals surface area contributed by atoms with Gasteiger partial charge in [0.15, 0.2) is 0 Å². The van der Waals surface area contributed by atoms with Crippen molar-refractivity contribution in [2.45, 2.75) is 5.41 Å². The Bertz CT molecular complexity index is 2160. The van der Waals surface area contributed by atoms with Gasteiger partial charge >= 0.3 is 0 Å². The van der Waals surface area contributed by atoms with E-state index in [0.717, 1.165) is 39.7 Å². The summed E-state index contributed by atoms with van der Waals surface area (Å²) in [6.07, 6.45) is 0. The largest absolute Gasteiger partial charge is 0.457 e. The molecule has 2 nitrogen and oxygen atoms in total. The Labute approximate surface area is 263 Å². The monoisotopic (exact) mass is 575 g/mol. The van der Waals surface area contributed by atoms with E-state index in [1.807, 2.05) is 0 Å². The normalized spacial score (nSPS) is 13.6. The molecular weight excluding hydrogens is 546 g/mol. The Hall–Kier alpha value is -5.86. The minimum Gasteiger partial charge on any atom is -0.457 e. The summed E-state index contributed by atoms with van der Waals surface area (Å²) in [5, 5.41) is 0. The Morgan fingerprint density at radius 3 is 1.53 bits per heavy atom. The number of anilines is 3. The molecule has 0 amide bonds. The first-order valence-electron chi connectivity index (χ1n) is 15.4. The minimum absolute atomic E-state index is 0.569. The third-order valence-electron chi connectivity index (χ3n) is 9.31. The second-order valence-corrected chi connectivity index (χ2v) is 11.7. The maximum atomic E-state index is 6.59. The summed E-state index contributed by atoms with van der Waals surface area (Å²) in [4.78, 5) is 2.45. The van der Waals surface area contributed by atoms with Gasteiger partial charge in [-0.25, -0.2) is 0 Å². The molecule has 0 bridgehead atoms. The van der Waals surface area contributed by atoms with Gasteiger partial charge in [0.2, 0.25) is 0 Å². The van der Waals surface area contributed by atoms with Crippen LogP contribution in [-0.4, -0.2) is 0 Å². The molecule has 0 atom stereocenters. The Kier molecular flexibility index (Phi) is 5.76. The summed E-state index contributed by atoms with van der Waals surface area (Å²) in [5.74, 6) is 1.78. The summed E-state index contributed by atoms with van der Waals surface area (Å²) in [6, 6.07) is 63.2. The molecule has 1 spiro atoms. The Morgan fingerprint density at radius 1 is 0.356 bits per heavy atom. The molecule has 212 valence electrons. The molecule has 0 N–H and O–H groups in total. The summed E-state index contributed by atoms with van der Waals surface area (Å²) in [5.41, 5.74) is 12.4. The van der Waals surface area contributed by atoms with Gasteiger partial charge in [0.25, 0.3) is 0 Å². The number of rotatable bonds is 3. The summed E-state index contributed by atoms with van der Waals surface area (Å²) in [7, 11) is 0. The fraction of sp³-hybridized carbons (Fsp3) is 0.0233. The quantitative estimate of drug-likeness (QED) is 0.208. The molecule has 45 heavy (non-hydrogen) atoms. The first-order valence-corrected chi connectivity index (χ1v) is 15.4. The van der Waals surface area contributed by atoms with Crippen molar-refractivity contribution in [3.05, 3.63) is 198 Å². The number of fused-ring (bicyclic) bond motifs is 8. The van der Waals surface area contributed by atoms with Crippen molar-refractivity contribution in [1.29, 1.82) is 0 Å². The van der Waals surface area contributed by atoms with E-state index < -0.39 is 5.41 Å². The molecule has 0 aliphatic carbocycles. The van der Waals surface area contributed by atoms with Crippen LogP contribution in [0, 0.1) is 0 Å². The maximum Gasteiger partial charge on any atom is 0.132 e. The van der Waals surface area contributed by atoms with E-state index >= 15 is 0 Å². The van der Waals surface area contributed by atoms with Crippen molar-refractivity contribution in [2.75, 3.05) is 4.90 Å². The molecule has 2 heteroatoms. The molecule has 7 aromatic carbocycles. The number of para-hydroxylation sites is 3. The molecule has 0 saturated carbocycles. The van der Waals surface area contributed by atoms with Crippen molar-refractivity contribution >= 4 is 17.1 Å². The highest BCUT2D eigenvalue weighted by atomic mass is 16.5. The van der Waals surface area contributed by atoms with E-state index in [4.69, 9.17) is 4.74 Å². The number of hydrogen-bond donors (Lipinski definition) is 0. The summed E-state index contributed by atoms with van der Waals surface area (Å²) < 4.78 is 6.59. The van der Waals surface area contributed by atoms with Crippen LogP contribution in [0.3, 0.4) is 0 Å². The fourth-order valence-electron chi connectivity index (χ4n) is 7.41. The van der Waals surface area contributed by atoms with Crippen molar-refractivity contribution in [1.82, 2.24) is 0 Å². The SMILES string of the molecule is c1ccc(-c2cccc(N3c4ccccc4C4(c5ccccc5Oc5ccccc54)c4ccc(-c5ccccc5)cc43)c2)cc1. The van der Waals surface area contributed by atoms with Crippen LogP contribution in [0.25, 0.3) is 22.3 Å². The predicted octanol–water partition coefficient (Wildman–Crippen LogP) is 11.3. The van der Waals surface area contributed by atoms with Gasteiger partial charge in [0.05, 0.1) is 16.8 Å². The van der Waals surface area contributed by atoms with Crippen LogP contribution in [-0.2, 0) is 5.41 Å². The van der Waals surface area contributed by atoms with E-state index in [-0.39, 0.29) is 0 Å². The lowest BCUT2D eigenvalue weighted by atomic mass is 9.61. The van der Waals surface area contributed by atoms with Crippen LogP contribution < -0.4 is 9.64 Å². The second-order valence-electron chi connectivity index (χ2n) is 11.7. The van der Waals surface area contributed by atoms with Crippen molar-refractivity contribution < 1.29 is 4.74 Å². The number of ether oxygens (including phenoxy) is 1. The molecule has 0 radical (unpaired) electrons. The molecule has 0 fully saturated rings. The average molecular weight is 576 g/mol. The van der Waals surface area contributed by atoms with Gasteiger partial charge in [-0.1, -0.05) is 140 Å². The van der Waals surface area contributed by atoms with E-state index in [1.165, 1.54) is 33.4 Å². The second kappa shape index (κ2) is 10.1. The van der Waals surface area contributed by atoms with Crippen LogP contribution in [0.1, 0.15) is 22.3 Å². The lowest BCUT2D eigenvalue weighted by Gasteiger charge is -2.48. The molecule has 0 aromatic heterocycles. The van der Waals surface area contributed by atoms with Gasteiger partial charge in [-0.2, -0.15) is 0 Å². The highest BCUT2D eigenvalue weighted by Crippen LogP contribution is 2.63. The van der Waals surface area contributed by atoms with Gasteiger partial charge in [-0.3, -0.25) is 0 Å². The highest BCUT2D eigenvalue weighted by Gasteiger charge is 2.51. The van der Waals surface area contributed by atoms with Gasteiger partial charge < -0.3 is 9.64 Å². The fourth-order valence-corrected chi connectivity index (χ4v) is 7.41. The van der Waals surface area contributed by atoms with Crippen molar-refractivity contribution in [2.24, 2.45) is 0 Å². The topological polar surface area (TPSA) is 12.5 Å². The predicted molar refractivity (Wildman–Crippen MR) is 184 cm³/mol. The lowest BCUT2D eigenvalue weighted by molar-refractivity contribution is 0.434. The Morgan fingerprint density at radius 2 is 0.867 bits per heavy atom. The van der Waals surface area contributed by atoms with E-state index in [0.29, 0.717) is 0 Å². The Balaban J connectivity index is 1.39. The molecule has 2 aliphatic heterocycles. The van der Waals surface area contributed by atoms with Gasteiger partial charge in [-0.15, -0.1) is 0 Å². The average Bonchev–Trinajstić information content (AvgIpc) is 3.12.